The number of nitrogens with one attached hydrogen (secondary N) is 1. The molecule has 0 aromatic heterocycles. The van der Waals surface area contributed by atoms with Gasteiger partial charge >= 0.3 is 0 Å². The van der Waals surface area contributed by atoms with Crippen molar-refractivity contribution < 1.29 is 13.3 Å². The molecule has 0 saturated carbocycles. The molecular formula is C18H18ClN3O4S. The molecule has 0 amide bonds. The Morgan fingerprint density at radius 1 is 1.00 bits per heavy atom. The van der Waals surface area contributed by atoms with Crippen molar-refractivity contribution in [1.82, 2.24) is 4.72 Å². The minimum atomic E-state index is -3.87. The third-order valence-corrected chi connectivity index (χ3v) is 5.55. The summed E-state index contributed by atoms with van der Waals surface area (Å²) in [4.78, 5) is 10.1. The molecule has 0 fully saturated rings. The van der Waals surface area contributed by atoms with Gasteiger partial charge < -0.3 is 5.73 Å². The van der Waals surface area contributed by atoms with Crippen LogP contribution >= 0.6 is 12.4 Å². The third kappa shape index (κ3) is 4.61. The second kappa shape index (κ2) is 8.45. The number of nitro benzene ring substituents is 1. The monoisotopic (exact) mass is 407 g/mol. The topological polar surface area (TPSA) is 115 Å². The van der Waals surface area contributed by atoms with Gasteiger partial charge in [0.2, 0.25) is 10.0 Å². The van der Waals surface area contributed by atoms with Gasteiger partial charge in [-0.1, -0.05) is 36.4 Å². The lowest BCUT2D eigenvalue weighted by molar-refractivity contribution is -0.384. The molecule has 0 spiro atoms. The lowest BCUT2D eigenvalue weighted by Gasteiger charge is -2.18. The van der Waals surface area contributed by atoms with Crippen LogP contribution in [0, 0.1) is 10.1 Å². The van der Waals surface area contributed by atoms with Crippen LogP contribution in [-0.4, -0.2) is 19.9 Å². The molecule has 1 atom stereocenters. The van der Waals surface area contributed by atoms with Crippen LogP contribution in [0.1, 0.15) is 11.6 Å². The summed E-state index contributed by atoms with van der Waals surface area (Å²) in [5, 5.41) is 12.7. The maximum absolute atomic E-state index is 12.6. The number of rotatable bonds is 6. The summed E-state index contributed by atoms with van der Waals surface area (Å²) in [5.74, 6) is 0. The average molecular weight is 408 g/mol. The molecular weight excluding hydrogens is 390 g/mol. The second-order valence-electron chi connectivity index (χ2n) is 5.77. The van der Waals surface area contributed by atoms with Crippen molar-refractivity contribution in [3.8, 4) is 0 Å². The Morgan fingerprint density at radius 2 is 1.63 bits per heavy atom. The number of halogens is 1. The van der Waals surface area contributed by atoms with Gasteiger partial charge in [0.05, 0.1) is 15.9 Å². The van der Waals surface area contributed by atoms with Crippen molar-refractivity contribution in [1.29, 1.82) is 0 Å². The van der Waals surface area contributed by atoms with Crippen LogP contribution in [0.5, 0.6) is 0 Å². The Kier molecular flexibility index (Phi) is 6.50. The number of benzene rings is 3. The van der Waals surface area contributed by atoms with Crippen LogP contribution in [0.3, 0.4) is 0 Å². The first-order chi connectivity index (χ1) is 12.4. The van der Waals surface area contributed by atoms with E-state index >= 15 is 0 Å². The summed E-state index contributed by atoms with van der Waals surface area (Å²) in [6, 6.07) is 17.5. The third-order valence-electron chi connectivity index (χ3n) is 4.07. The number of hydrogen-bond acceptors (Lipinski definition) is 5. The molecule has 0 saturated heterocycles. The Balaban J connectivity index is 0.00000261. The van der Waals surface area contributed by atoms with Crippen LogP contribution < -0.4 is 10.5 Å². The van der Waals surface area contributed by atoms with Gasteiger partial charge in [0, 0.05) is 18.7 Å². The van der Waals surface area contributed by atoms with E-state index in [1.807, 2.05) is 42.5 Å². The minimum Gasteiger partial charge on any atom is -0.329 e. The van der Waals surface area contributed by atoms with Crippen LogP contribution in [0.15, 0.2) is 71.6 Å². The number of hydrogen-bond donors (Lipinski definition) is 2. The van der Waals surface area contributed by atoms with Gasteiger partial charge in [0.1, 0.15) is 0 Å². The van der Waals surface area contributed by atoms with Gasteiger partial charge in [-0.05, 0) is 34.5 Å². The second-order valence-corrected chi connectivity index (χ2v) is 7.48. The van der Waals surface area contributed by atoms with E-state index in [9.17, 15) is 18.5 Å². The number of non-ortho nitro benzene ring substituents is 1. The van der Waals surface area contributed by atoms with Crippen LogP contribution in [0.25, 0.3) is 10.8 Å². The predicted octanol–water partition coefficient (Wildman–Crippen LogP) is 3.15. The maximum Gasteiger partial charge on any atom is 0.269 e. The molecule has 9 heteroatoms. The highest BCUT2D eigenvalue weighted by Crippen LogP contribution is 2.22. The summed E-state index contributed by atoms with van der Waals surface area (Å²) in [7, 11) is -3.87. The molecule has 0 radical (unpaired) electrons. The Morgan fingerprint density at radius 3 is 2.22 bits per heavy atom. The predicted molar refractivity (Wildman–Crippen MR) is 106 cm³/mol. The number of nitrogens with zero attached hydrogens (tertiary/aromatic N) is 1. The van der Waals surface area contributed by atoms with Gasteiger partial charge in [-0.15, -0.1) is 12.4 Å². The Labute approximate surface area is 162 Å². The quantitative estimate of drug-likeness (QED) is 0.481. The molecule has 0 aliphatic rings. The first kappa shape index (κ1) is 20.8. The van der Waals surface area contributed by atoms with Crippen LogP contribution in [0.2, 0.25) is 0 Å². The van der Waals surface area contributed by atoms with E-state index in [1.54, 1.807) is 0 Å². The van der Waals surface area contributed by atoms with Gasteiger partial charge in [0.15, 0.2) is 0 Å². The van der Waals surface area contributed by atoms with Crippen molar-refractivity contribution in [2.24, 2.45) is 5.73 Å². The normalized spacial score (nSPS) is 12.3. The maximum atomic E-state index is 12.6. The molecule has 0 heterocycles. The number of fused-ring (bicyclic) bond motifs is 1. The number of nitrogens with two attached hydrogens (primary N) is 1. The van der Waals surface area contributed by atoms with E-state index in [1.165, 1.54) is 12.1 Å². The van der Waals surface area contributed by atoms with Gasteiger partial charge in [-0.3, -0.25) is 10.1 Å². The highest BCUT2D eigenvalue weighted by Gasteiger charge is 2.21. The average Bonchev–Trinajstić information content (AvgIpc) is 2.65. The summed E-state index contributed by atoms with van der Waals surface area (Å²) >= 11 is 0. The zero-order chi connectivity index (χ0) is 18.7. The highest BCUT2D eigenvalue weighted by molar-refractivity contribution is 7.89. The molecule has 0 bridgehead atoms. The Bertz CT molecular complexity index is 1060. The van der Waals surface area contributed by atoms with E-state index in [0.717, 1.165) is 28.5 Å². The molecule has 1 unspecified atom stereocenters. The highest BCUT2D eigenvalue weighted by atomic mass is 35.5. The van der Waals surface area contributed by atoms with Crippen molar-refractivity contribution in [2.45, 2.75) is 10.9 Å². The standard InChI is InChI=1S/C18H17N3O4S.ClH/c19-12-18(15-6-5-13-3-1-2-4-14(13)11-15)20-26(24,25)17-9-7-16(8-10-17)21(22)23;/h1-11,18,20H,12,19H2;1H. The minimum absolute atomic E-state index is 0. The van der Waals surface area contributed by atoms with E-state index in [0.29, 0.717) is 0 Å². The molecule has 0 aliphatic heterocycles. The van der Waals surface area contributed by atoms with Crippen molar-refractivity contribution in [3.05, 3.63) is 82.4 Å². The SMILES string of the molecule is Cl.NCC(NS(=O)(=O)c1ccc([N+](=O)[O-])cc1)c1ccc2ccccc2c1. The number of sulfonamides is 1. The first-order valence-corrected chi connectivity index (χ1v) is 9.34. The Hall–Kier alpha value is -2.52. The van der Waals surface area contributed by atoms with Gasteiger partial charge in [0.25, 0.3) is 5.69 Å². The summed E-state index contributed by atoms with van der Waals surface area (Å²) < 4.78 is 27.7. The van der Waals surface area contributed by atoms with Crippen molar-refractivity contribution >= 4 is 38.9 Å². The van der Waals surface area contributed by atoms with E-state index in [2.05, 4.69) is 4.72 Å². The van der Waals surface area contributed by atoms with Gasteiger partial charge in [-0.2, -0.15) is 0 Å². The lowest BCUT2D eigenvalue weighted by atomic mass is 10.0. The fourth-order valence-corrected chi connectivity index (χ4v) is 3.92. The van der Waals surface area contributed by atoms with Gasteiger partial charge in [-0.25, -0.2) is 13.1 Å². The fraction of sp³-hybridized carbons (Fsp3) is 0.111. The molecule has 3 rings (SSSR count). The molecule has 0 aliphatic carbocycles. The van der Waals surface area contributed by atoms with E-state index in [-0.39, 0.29) is 29.5 Å². The molecule has 3 N–H and O–H groups in total. The zero-order valence-corrected chi connectivity index (χ0v) is 15.7. The van der Waals surface area contributed by atoms with E-state index < -0.39 is 21.0 Å². The smallest absolute Gasteiger partial charge is 0.269 e. The van der Waals surface area contributed by atoms with Crippen LogP contribution in [-0.2, 0) is 10.0 Å². The lowest BCUT2D eigenvalue weighted by Crippen LogP contribution is -2.33. The molecule has 3 aromatic rings. The van der Waals surface area contributed by atoms with Crippen LogP contribution in [0.4, 0.5) is 5.69 Å². The molecule has 142 valence electrons. The van der Waals surface area contributed by atoms with Crippen molar-refractivity contribution in [3.63, 3.8) is 0 Å². The largest absolute Gasteiger partial charge is 0.329 e. The van der Waals surface area contributed by atoms with Crippen molar-refractivity contribution in [2.75, 3.05) is 6.54 Å². The molecule has 7 nitrogen and oxygen atoms in total. The summed E-state index contributed by atoms with van der Waals surface area (Å²) in [6.07, 6.45) is 0. The first-order valence-electron chi connectivity index (χ1n) is 7.86. The molecule has 3 aromatic carbocycles. The zero-order valence-electron chi connectivity index (χ0n) is 14.1. The van der Waals surface area contributed by atoms with E-state index in [4.69, 9.17) is 5.73 Å². The molecule has 27 heavy (non-hydrogen) atoms. The number of nitro groups is 1. The fourth-order valence-electron chi connectivity index (χ4n) is 2.68. The summed E-state index contributed by atoms with van der Waals surface area (Å²) in [5.41, 5.74) is 6.36. The summed E-state index contributed by atoms with van der Waals surface area (Å²) in [6.45, 7) is 0.0740.